The summed E-state index contributed by atoms with van der Waals surface area (Å²) >= 11 is 0. The van der Waals surface area contributed by atoms with Crippen LogP contribution >= 0.6 is 0 Å². The minimum Gasteiger partial charge on any atom is -0.271 e. The Morgan fingerprint density at radius 2 is 2.12 bits per heavy atom. The van der Waals surface area contributed by atoms with E-state index >= 15 is 0 Å². The number of nitrogens with one attached hydrogen (secondary N) is 1. The quantitative estimate of drug-likeness (QED) is 0.605. The van der Waals surface area contributed by atoms with Crippen LogP contribution < -0.4 is 11.3 Å². The van der Waals surface area contributed by atoms with Crippen molar-refractivity contribution in [3.63, 3.8) is 0 Å². The Labute approximate surface area is 94.5 Å². The van der Waals surface area contributed by atoms with Gasteiger partial charge in [0.05, 0.1) is 11.8 Å². The highest BCUT2D eigenvalue weighted by molar-refractivity contribution is 7.90. The second-order valence-corrected chi connectivity index (χ2v) is 6.00. The van der Waals surface area contributed by atoms with E-state index in [4.69, 9.17) is 5.84 Å². The molecule has 1 atom stereocenters. The van der Waals surface area contributed by atoms with Gasteiger partial charge < -0.3 is 0 Å². The van der Waals surface area contributed by atoms with Gasteiger partial charge in [-0.05, 0) is 30.2 Å². The van der Waals surface area contributed by atoms with Gasteiger partial charge in [-0.15, -0.1) is 0 Å². The van der Waals surface area contributed by atoms with Crippen molar-refractivity contribution < 1.29 is 12.8 Å². The molecule has 0 spiro atoms. The molecule has 1 rings (SSSR count). The van der Waals surface area contributed by atoms with Gasteiger partial charge in [-0.3, -0.25) is 11.3 Å². The zero-order chi connectivity index (χ0) is 12.3. The lowest BCUT2D eigenvalue weighted by Crippen LogP contribution is -2.33. The highest BCUT2D eigenvalue weighted by Crippen LogP contribution is 2.19. The summed E-state index contributed by atoms with van der Waals surface area (Å²) in [7, 11) is -3.18. The van der Waals surface area contributed by atoms with Crippen LogP contribution in [0.25, 0.3) is 0 Å². The summed E-state index contributed by atoms with van der Waals surface area (Å²) in [6.07, 6.45) is 1.12. The number of benzene rings is 1. The SMILES string of the molecule is Cc1ccc(F)cc1C(CS(C)(=O)=O)NN. The molecule has 0 aliphatic rings. The van der Waals surface area contributed by atoms with Gasteiger partial charge in [-0.2, -0.15) is 0 Å². The number of hydrogen-bond acceptors (Lipinski definition) is 4. The van der Waals surface area contributed by atoms with Crippen molar-refractivity contribution in [2.45, 2.75) is 13.0 Å². The number of hydrogen-bond donors (Lipinski definition) is 2. The molecular formula is C10H15FN2O2S. The van der Waals surface area contributed by atoms with E-state index in [1.807, 2.05) is 0 Å². The van der Waals surface area contributed by atoms with Crippen molar-refractivity contribution in [1.82, 2.24) is 5.43 Å². The van der Waals surface area contributed by atoms with Gasteiger partial charge in [0, 0.05) is 6.26 Å². The van der Waals surface area contributed by atoms with Crippen molar-refractivity contribution in [2.75, 3.05) is 12.0 Å². The van der Waals surface area contributed by atoms with E-state index in [1.165, 1.54) is 12.1 Å². The summed E-state index contributed by atoms with van der Waals surface area (Å²) in [4.78, 5) is 0. The van der Waals surface area contributed by atoms with Crippen LogP contribution in [-0.2, 0) is 9.84 Å². The molecule has 1 aromatic carbocycles. The van der Waals surface area contributed by atoms with Crippen molar-refractivity contribution in [3.8, 4) is 0 Å². The Kier molecular flexibility index (Phi) is 4.01. The highest BCUT2D eigenvalue weighted by Gasteiger charge is 2.18. The standard InChI is InChI=1S/C10H15FN2O2S/c1-7-3-4-8(11)5-9(7)10(13-12)6-16(2,14)15/h3-5,10,13H,6,12H2,1-2H3. The van der Waals surface area contributed by atoms with Crippen LogP contribution in [0.3, 0.4) is 0 Å². The minimum absolute atomic E-state index is 0.159. The van der Waals surface area contributed by atoms with Gasteiger partial charge in [0.2, 0.25) is 0 Å². The van der Waals surface area contributed by atoms with E-state index in [9.17, 15) is 12.8 Å². The first-order valence-electron chi connectivity index (χ1n) is 4.73. The molecular weight excluding hydrogens is 231 g/mol. The normalized spacial score (nSPS) is 13.8. The van der Waals surface area contributed by atoms with Gasteiger partial charge >= 0.3 is 0 Å². The lowest BCUT2D eigenvalue weighted by molar-refractivity contribution is 0.557. The van der Waals surface area contributed by atoms with E-state index in [1.54, 1.807) is 13.0 Å². The van der Waals surface area contributed by atoms with E-state index in [2.05, 4.69) is 5.43 Å². The number of sulfone groups is 1. The fraction of sp³-hybridized carbons (Fsp3) is 0.400. The molecule has 16 heavy (non-hydrogen) atoms. The van der Waals surface area contributed by atoms with E-state index in [0.29, 0.717) is 5.56 Å². The lowest BCUT2D eigenvalue weighted by atomic mass is 10.0. The van der Waals surface area contributed by atoms with Crippen molar-refractivity contribution in [1.29, 1.82) is 0 Å². The molecule has 0 aliphatic heterocycles. The Morgan fingerprint density at radius 1 is 1.50 bits per heavy atom. The van der Waals surface area contributed by atoms with Crippen LogP contribution in [0.2, 0.25) is 0 Å². The highest BCUT2D eigenvalue weighted by atomic mass is 32.2. The minimum atomic E-state index is -3.18. The molecule has 0 saturated heterocycles. The molecule has 0 heterocycles. The van der Waals surface area contributed by atoms with E-state index < -0.39 is 21.7 Å². The largest absolute Gasteiger partial charge is 0.271 e. The van der Waals surface area contributed by atoms with Gasteiger partial charge in [0.25, 0.3) is 0 Å². The summed E-state index contributed by atoms with van der Waals surface area (Å²) in [5, 5.41) is 0. The van der Waals surface area contributed by atoms with E-state index in [0.717, 1.165) is 11.8 Å². The Hall–Kier alpha value is -0.980. The van der Waals surface area contributed by atoms with Crippen LogP contribution in [0.5, 0.6) is 0 Å². The van der Waals surface area contributed by atoms with Crippen molar-refractivity contribution in [3.05, 3.63) is 35.1 Å². The predicted molar refractivity (Wildman–Crippen MR) is 60.9 cm³/mol. The second kappa shape index (κ2) is 4.90. The molecule has 4 nitrogen and oxygen atoms in total. The average molecular weight is 246 g/mol. The monoisotopic (exact) mass is 246 g/mol. The molecule has 3 N–H and O–H groups in total. The van der Waals surface area contributed by atoms with Gasteiger partial charge in [-0.25, -0.2) is 12.8 Å². The smallest absolute Gasteiger partial charge is 0.149 e. The van der Waals surface area contributed by atoms with Crippen molar-refractivity contribution in [2.24, 2.45) is 5.84 Å². The molecule has 0 fully saturated rings. The number of aryl methyl sites for hydroxylation is 1. The first kappa shape index (κ1) is 13.1. The molecule has 0 aliphatic carbocycles. The summed E-state index contributed by atoms with van der Waals surface area (Å²) in [6.45, 7) is 1.78. The summed E-state index contributed by atoms with van der Waals surface area (Å²) < 4.78 is 35.4. The zero-order valence-corrected chi connectivity index (χ0v) is 10.0. The third-order valence-electron chi connectivity index (χ3n) is 2.29. The lowest BCUT2D eigenvalue weighted by Gasteiger charge is -2.17. The first-order valence-corrected chi connectivity index (χ1v) is 6.79. The molecule has 0 radical (unpaired) electrons. The molecule has 0 aromatic heterocycles. The molecule has 0 amide bonds. The first-order chi connectivity index (χ1) is 7.33. The Morgan fingerprint density at radius 3 is 2.62 bits per heavy atom. The van der Waals surface area contributed by atoms with Crippen molar-refractivity contribution >= 4 is 9.84 Å². The maximum atomic E-state index is 13.1. The van der Waals surface area contributed by atoms with Crippen LogP contribution in [0.1, 0.15) is 17.2 Å². The summed E-state index contributed by atoms with van der Waals surface area (Å²) in [5.41, 5.74) is 3.76. The zero-order valence-electron chi connectivity index (χ0n) is 9.20. The molecule has 6 heteroatoms. The fourth-order valence-electron chi connectivity index (χ4n) is 1.52. The topological polar surface area (TPSA) is 72.2 Å². The van der Waals surface area contributed by atoms with Crippen LogP contribution in [-0.4, -0.2) is 20.4 Å². The molecule has 0 bridgehead atoms. The second-order valence-electron chi connectivity index (χ2n) is 3.81. The molecule has 0 saturated carbocycles. The fourth-order valence-corrected chi connectivity index (χ4v) is 2.40. The number of rotatable bonds is 4. The maximum Gasteiger partial charge on any atom is 0.149 e. The molecule has 1 unspecified atom stereocenters. The van der Waals surface area contributed by atoms with Gasteiger partial charge in [0.15, 0.2) is 0 Å². The Balaban J connectivity index is 3.08. The van der Waals surface area contributed by atoms with Crippen LogP contribution in [0, 0.1) is 12.7 Å². The third-order valence-corrected chi connectivity index (χ3v) is 3.23. The van der Waals surface area contributed by atoms with Crippen LogP contribution in [0.4, 0.5) is 4.39 Å². The summed E-state index contributed by atoms with van der Waals surface area (Å²) in [5.74, 6) is 4.73. The molecule has 90 valence electrons. The summed E-state index contributed by atoms with van der Waals surface area (Å²) in [6, 6.07) is 3.63. The predicted octanol–water partition coefficient (Wildman–Crippen LogP) is 0.683. The maximum absolute atomic E-state index is 13.1. The van der Waals surface area contributed by atoms with Gasteiger partial charge in [-0.1, -0.05) is 6.07 Å². The number of halogens is 1. The number of hydrazine groups is 1. The third kappa shape index (κ3) is 3.55. The average Bonchev–Trinajstić information content (AvgIpc) is 2.17. The van der Waals surface area contributed by atoms with Gasteiger partial charge in [0.1, 0.15) is 15.7 Å². The number of nitrogens with two attached hydrogens (primary N) is 1. The van der Waals surface area contributed by atoms with E-state index in [-0.39, 0.29) is 5.75 Å². The van der Waals surface area contributed by atoms with Crippen LogP contribution in [0.15, 0.2) is 18.2 Å². The Bertz CT molecular complexity index is 474. The molecule has 1 aromatic rings.